The van der Waals surface area contributed by atoms with Gasteiger partial charge in [0.15, 0.2) is 0 Å². The first-order valence-electron chi connectivity index (χ1n) is 15.2. The van der Waals surface area contributed by atoms with E-state index in [1.165, 1.54) is 10.9 Å². The van der Waals surface area contributed by atoms with E-state index in [9.17, 15) is 10.1 Å². The second-order valence-corrected chi connectivity index (χ2v) is 14.3. The zero-order chi connectivity index (χ0) is 32.9. The number of ketones is 1. The summed E-state index contributed by atoms with van der Waals surface area (Å²) >= 11 is 6.66. The van der Waals surface area contributed by atoms with Crippen molar-refractivity contribution >= 4 is 45.0 Å². The van der Waals surface area contributed by atoms with Gasteiger partial charge in [-0.15, -0.1) is 0 Å². The summed E-state index contributed by atoms with van der Waals surface area (Å²) in [5.41, 5.74) is 10.4. The van der Waals surface area contributed by atoms with Gasteiger partial charge in [0.2, 0.25) is 5.78 Å². The monoisotopic (exact) mass is 671 g/mol. The SMILES string of the molecule is C[S+](C)CCOCn1c(C(=O)c2cnn(-c3ccc(Oc4cccc(C#N)c4)cc3Cl)c2N)cc2ccc(CN3CCOCC3)cc21. The van der Waals surface area contributed by atoms with E-state index in [-0.39, 0.29) is 34.8 Å². The molecule has 0 spiro atoms. The van der Waals surface area contributed by atoms with Crippen molar-refractivity contribution in [2.24, 2.45) is 0 Å². The van der Waals surface area contributed by atoms with Crippen LogP contribution in [-0.2, 0) is 33.6 Å². The molecule has 0 unspecified atom stereocenters. The average molecular weight is 672 g/mol. The van der Waals surface area contributed by atoms with Crippen LogP contribution in [0.4, 0.5) is 5.82 Å². The van der Waals surface area contributed by atoms with E-state index >= 15 is 0 Å². The maximum absolute atomic E-state index is 14.1. The van der Waals surface area contributed by atoms with Crippen LogP contribution in [0.15, 0.2) is 72.9 Å². The summed E-state index contributed by atoms with van der Waals surface area (Å²) in [6.45, 7) is 4.89. The van der Waals surface area contributed by atoms with Crippen LogP contribution in [0.25, 0.3) is 16.6 Å². The standard InChI is InChI=1S/C35H35ClN6O4S/c1-47(2)15-14-45-23-41-32-17-25(22-40-10-12-44-13-11-40)6-7-26(32)18-33(41)34(43)29-21-39-42(35(29)38)31-9-8-28(19-30(31)36)46-27-5-3-4-24(16-27)20-37/h3-9,16-19,21H,10-15,22-23H2,1-2H3,(H-,38,39,43)/p+1. The van der Waals surface area contributed by atoms with Crippen LogP contribution in [0.1, 0.15) is 27.2 Å². The molecule has 3 aromatic carbocycles. The first kappa shape index (κ1) is 32.6. The zero-order valence-corrected chi connectivity index (χ0v) is 27.9. The number of nitrogens with two attached hydrogens (primary N) is 1. The third kappa shape index (κ3) is 7.48. The Bertz CT molecular complexity index is 1940. The number of hydrogen-bond donors (Lipinski definition) is 1. The van der Waals surface area contributed by atoms with Gasteiger partial charge in [0.25, 0.3) is 0 Å². The normalized spacial score (nSPS) is 13.7. The Morgan fingerprint density at radius 3 is 2.66 bits per heavy atom. The van der Waals surface area contributed by atoms with Gasteiger partial charge in [-0.05, 0) is 58.9 Å². The maximum atomic E-state index is 14.1. The van der Waals surface area contributed by atoms with E-state index < -0.39 is 0 Å². The molecule has 0 saturated carbocycles. The fourth-order valence-electron chi connectivity index (χ4n) is 5.48. The molecule has 1 aliphatic heterocycles. The summed E-state index contributed by atoms with van der Waals surface area (Å²) in [7, 11) is 0.248. The molecule has 242 valence electrons. The lowest BCUT2D eigenvalue weighted by molar-refractivity contribution is 0.0342. The fraction of sp³-hybridized carbons (Fsp3) is 0.286. The summed E-state index contributed by atoms with van der Waals surface area (Å²) < 4.78 is 20.9. The smallest absolute Gasteiger partial charge is 0.214 e. The number of rotatable bonds is 12. The maximum Gasteiger partial charge on any atom is 0.214 e. The molecule has 0 amide bonds. The van der Waals surface area contributed by atoms with Crippen LogP contribution < -0.4 is 10.5 Å². The van der Waals surface area contributed by atoms with Crippen LogP contribution >= 0.6 is 11.6 Å². The molecular formula is C35H36ClN6O4S+. The Balaban J connectivity index is 1.28. The second-order valence-electron chi connectivity index (χ2n) is 11.5. The minimum absolute atomic E-state index is 0.166. The number of hydrogen-bond acceptors (Lipinski definition) is 8. The number of carbonyl (C=O) groups excluding carboxylic acids is 1. The van der Waals surface area contributed by atoms with Gasteiger partial charge in [0.1, 0.15) is 29.8 Å². The van der Waals surface area contributed by atoms with Gasteiger partial charge in [-0.3, -0.25) is 9.69 Å². The van der Waals surface area contributed by atoms with Crippen molar-refractivity contribution in [1.29, 1.82) is 5.26 Å². The third-order valence-electron chi connectivity index (χ3n) is 7.96. The number of benzene rings is 3. The van der Waals surface area contributed by atoms with Gasteiger partial charge in [0.05, 0.1) is 77.6 Å². The van der Waals surface area contributed by atoms with Crippen molar-refractivity contribution in [1.82, 2.24) is 19.2 Å². The minimum Gasteiger partial charge on any atom is -0.457 e. The summed E-state index contributed by atoms with van der Waals surface area (Å²) in [4.78, 5) is 16.5. The third-order valence-corrected chi connectivity index (χ3v) is 9.25. The number of halogens is 1. The lowest BCUT2D eigenvalue weighted by Gasteiger charge is -2.26. The Morgan fingerprint density at radius 1 is 1.09 bits per heavy atom. The quantitative estimate of drug-likeness (QED) is 0.103. The van der Waals surface area contributed by atoms with Crippen molar-refractivity contribution < 1.29 is 19.0 Å². The number of anilines is 1. The van der Waals surface area contributed by atoms with Crippen LogP contribution in [0.5, 0.6) is 11.5 Å². The van der Waals surface area contributed by atoms with E-state index in [0.717, 1.165) is 55.1 Å². The number of carbonyl (C=O) groups is 1. The van der Waals surface area contributed by atoms with E-state index in [0.29, 0.717) is 40.1 Å². The molecule has 12 heteroatoms. The van der Waals surface area contributed by atoms with Crippen molar-refractivity contribution in [2.45, 2.75) is 13.3 Å². The van der Waals surface area contributed by atoms with E-state index in [1.54, 1.807) is 42.5 Å². The molecule has 6 rings (SSSR count). The van der Waals surface area contributed by atoms with Gasteiger partial charge >= 0.3 is 0 Å². The van der Waals surface area contributed by atoms with Crippen LogP contribution in [0.3, 0.4) is 0 Å². The molecular weight excluding hydrogens is 636 g/mol. The number of nitrogen functional groups attached to an aromatic ring is 1. The van der Waals surface area contributed by atoms with Crippen LogP contribution in [-0.4, -0.2) is 76.2 Å². The molecule has 5 aromatic rings. The first-order chi connectivity index (χ1) is 22.8. The lowest BCUT2D eigenvalue weighted by atomic mass is 10.1. The molecule has 0 atom stereocenters. The van der Waals surface area contributed by atoms with Crippen molar-refractivity contribution in [2.75, 3.05) is 56.9 Å². The number of nitriles is 1. The molecule has 1 aliphatic rings. The molecule has 10 nitrogen and oxygen atoms in total. The molecule has 47 heavy (non-hydrogen) atoms. The van der Waals surface area contributed by atoms with Crippen molar-refractivity contribution in [3.05, 3.63) is 100 Å². The number of nitrogens with zero attached hydrogens (tertiary/aromatic N) is 5. The molecule has 2 aromatic heterocycles. The number of fused-ring (bicyclic) bond motifs is 1. The molecule has 2 N–H and O–H groups in total. The summed E-state index contributed by atoms with van der Waals surface area (Å²) in [5.74, 6) is 1.84. The predicted molar refractivity (Wildman–Crippen MR) is 186 cm³/mol. The highest BCUT2D eigenvalue weighted by Crippen LogP contribution is 2.32. The predicted octanol–water partition coefficient (Wildman–Crippen LogP) is 5.64. The van der Waals surface area contributed by atoms with Crippen molar-refractivity contribution in [3.63, 3.8) is 0 Å². The second kappa shape index (κ2) is 14.6. The topological polar surface area (TPSA) is 121 Å². The highest BCUT2D eigenvalue weighted by Gasteiger charge is 2.24. The summed E-state index contributed by atoms with van der Waals surface area (Å²) in [6.07, 6.45) is 5.84. The lowest BCUT2D eigenvalue weighted by Crippen LogP contribution is -2.35. The van der Waals surface area contributed by atoms with Gasteiger partial charge in [-0.1, -0.05) is 29.8 Å². The van der Waals surface area contributed by atoms with Crippen LogP contribution in [0.2, 0.25) is 5.02 Å². The van der Waals surface area contributed by atoms with Crippen molar-refractivity contribution in [3.8, 4) is 23.3 Å². The highest BCUT2D eigenvalue weighted by atomic mass is 35.5. The number of ether oxygens (including phenoxy) is 3. The van der Waals surface area contributed by atoms with E-state index in [1.807, 2.05) is 10.6 Å². The molecule has 1 saturated heterocycles. The zero-order valence-electron chi connectivity index (χ0n) is 26.3. The van der Waals surface area contributed by atoms with E-state index in [2.05, 4.69) is 46.8 Å². The van der Waals surface area contributed by atoms with E-state index in [4.69, 9.17) is 31.5 Å². The Morgan fingerprint density at radius 2 is 1.89 bits per heavy atom. The molecule has 1 fully saturated rings. The molecule has 0 radical (unpaired) electrons. The Kier molecular flexibility index (Phi) is 10.2. The Labute approximate surface area is 281 Å². The van der Waals surface area contributed by atoms with Gasteiger partial charge < -0.3 is 24.5 Å². The first-order valence-corrected chi connectivity index (χ1v) is 17.8. The molecule has 0 bridgehead atoms. The van der Waals surface area contributed by atoms with Gasteiger partial charge in [0, 0.05) is 31.1 Å². The highest BCUT2D eigenvalue weighted by molar-refractivity contribution is 7.95. The number of aromatic nitrogens is 3. The Hall–Kier alpha value is -4.31. The average Bonchev–Trinajstić information content (AvgIpc) is 3.63. The largest absolute Gasteiger partial charge is 0.457 e. The minimum atomic E-state index is -0.262. The molecule has 0 aliphatic carbocycles. The van der Waals surface area contributed by atoms with Gasteiger partial charge in [-0.2, -0.15) is 10.4 Å². The fourth-order valence-corrected chi connectivity index (χ4v) is 6.18. The summed E-state index contributed by atoms with van der Waals surface area (Å²) in [6, 6.07) is 22.2. The summed E-state index contributed by atoms with van der Waals surface area (Å²) in [5, 5.41) is 14.9. The van der Waals surface area contributed by atoms with Gasteiger partial charge in [-0.25, -0.2) is 4.68 Å². The number of morpholine rings is 1. The van der Waals surface area contributed by atoms with Crippen LogP contribution in [0, 0.1) is 11.3 Å². The molecule has 3 heterocycles.